The first-order valence-electron chi connectivity index (χ1n) is 5.37. The van der Waals surface area contributed by atoms with Crippen molar-refractivity contribution in [1.29, 1.82) is 0 Å². The molecule has 0 N–H and O–H groups in total. The standard InChI is InChI=1S/C11H14ClNO2S2/c1-15-6-2-5-13-10(14)7-16-11(13)8-3-4-9(12)17-8/h3-4,11H,2,5-7H2,1H3. The lowest BCUT2D eigenvalue weighted by atomic mass is 10.3. The number of methoxy groups -OCH3 is 1. The molecule has 1 atom stereocenters. The average molecular weight is 292 g/mol. The molecule has 94 valence electrons. The zero-order valence-electron chi connectivity index (χ0n) is 9.52. The third-order valence-electron chi connectivity index (χ3n) is 2.55. The fraction of sp³-hybridized carbons (Fsp3) is 0.545. The van der Waals surface area contributed by atoms with E-state index in [0.717, 1.165) is 22.2 Å². The van der Waals surface area contributed by atoms with E-state index in [2.05, 4.69) is 0 Å². The minimum atomic E-state index is 0.136. The number of carbonyl (C=O) groups excluding carboxylic acids is 1. The van der Waals surface area contributed by atoms with Gasteiger partial charge in [-0.3, -0.25) is 4.79 Å². The van der Waals surface area contributed by atoms with Crippen LogP contribution in [-0.2, 0) is 9.53 Å². The molecule has 1 aliphatic rings. The van der Waals surface area contributed by atoms with E-state index >= 15 is 0 Å². The summed E-state index contributed by atoms with van der Waals surface area (Å²) in [6.45, 7) is 1.44. The molecule has 0 aromatic carbocycles. The summed E-state index contributed by atoms with van der Waals surface area (Å²) < 4.78 is 5.79. The van der Waals surface area contributed by atoms with Crippen LogP contribution in [0, 0.1) is 0 Å². The molecule has 3 nitrogen and oxygen atoms in total. The van der Waals surface area contributed by atoms with Gasteiger partial charge in [0.15, 0.2) is 0 Å². The molecule has 1 aromatic heterocycles. The fourth-order valence-electron chi connectivity index (χ4n) is 1.77. The van der Waals surface area contributed by atoms with E-state index in [1.165, 1.54) is 0 Å². The lowest BCUT2D eigenvalue weighted by Gasteiger charge is -2.22. The molecule has 1 unspecified atom stereocenters. The van der Waals surface area contributed by atoms with Crippen LogP contribution in [0.25, 0.3) is 0 Å². The van der Waals surface area contributed by atoms with E-state index in [1.807, 2.05) is 17.0 Å². The van der Waals surface area contributed by atoms with Crippen LogP contribution in [0.3, 0.4) is 0 Å². The van der Waals surface area contributed by atoms with Crippen LogP contribution >= 0.6 is 34.7 Å². The number of amides is 1. The van der Waals surface area contributed by atoms with Gasteiger partial charge >= 0.3 is 0 Å². The molecular weight excluding hydrogens is 278 g/mol. The Morgan fingerprint density at radius 3 is 3.06 bits per heavy atom. The topological polar surface area (TPSA) is 29.5 Å². The van der Waals surface area contributed by atoms with Gasteiger partial charge in [0.1, 0.15) is 5.37 Å². The Labute approximate surface area is 114 Å². The van der Waals surface area contributed by atoms with Crippen LogP contribution < -0.4 is 0 Å². The molecule has 2 rings (SSSR count). The van der Waals surface area contributed by atoms with Crippen molar-refractivity contribution in [3.8, 4) is 0 Å². The molecule has 1 saturated heterocycles. The Balaban J connectivity index is 2.03. The molecule has 1 aliphatic heterocycles. The lowest BCUT2D eigenvalue weighted by Crippen LogP contribution is -2.29. The van der Waals surface area contributed by atoms with E-state index in [1.54, 1.807) is 30.2 Å². The highest BCUT2D eigenvalue weighted by atomic mass is 35.5. The number of halogens is 1. The Hall–Kier alpha value is -0.230. The van der Waals surface area contributed by atoms with Crippen molar-refractivity contribution in [2.24, 2.45) is 0 Å². The Bertz CT molecular complexity index is 397. The highest BCUT2D eigenvalue weighted by molar-refractivity contribution is 8.00. The fourth-order valence-corrected chi connectivity index (χ4v) is 4.29. The summed E-state index contributed by atoms with van der Waals surface area (Å²) in [5.41, 5.74) is 0. The van der Waals surface area contributed by atoms with E-state index in [9.17, 15) is 4.79 Å². The maximum absolute atomic E-state index is 11.8. The second-order valence-electron chi connectivity index (χ2n) is 3.74. The predicted octanol–water partition coefficient (Wildman–Crippen LogP) is 3.01. The third-order valence-corrected chi connectivity index (χ3v) is 5.22. The van der Waals surface area contributed by atoms with Crippen molar-refractivity contribution >= 4 is 40.6 Å². The van der Waals surface area contributed by atoms with Gasteiger partial charge in [0, 0.05) is 25.1 Å². The third kappa shape index (κ3) is 3.16. The van der Waals surface area contributed by atoms with Gasteiger partial charge in [0.2, 0.25) is 5.91 Å². The van der Waals surface area contributed by atoms with Crippen molar-refractivity contribution in [2.75, 3.05) is 26.0 Å². The highest BCUT2D eigenvalue weighted by Crippen LogP contribution is 2.42. The van der Waals surface area contributed by atoms with Crippen LogP contribution in [0.2, 0.25) is 4.34 Å². The number of thiophene rings is 1. The number of thioether (sulfide) groups is 1. The highest BCUT2D eigenvalue weighted by Gasteiger charge is 2.33. The normalized spacial score (nSPS) is 20.2. The van der Waals surface area contributed by atoms with Crippen molar-refractivity contribution in [1.82, 2.24) is 4.90 Å². The summed E-state index contributed by atoms with van der Waals surface area (Å²) in [5, 5.41) is 0.136. The summed E-state index contributed by atoms with van der Waals surface area (Å²) >= 11 is 9.16. The molecular formula is C11H14ClNO2S2. The van der Waals surface area contributed by atoms with E-state index in [-0.39, 0.29) is 11.3 Å². The average Bonchev–Trinajstić information content (AvgIpc) is 2.87. The summed E-state index contributed by atoms with van der Waals surface area (Å²) in [6.07, 6.45) is 0.873. The largest absolute Gasteiger partial charge is 0.385 e. The number of nitrogens with zero attached hydrogens (tertiary/aromatic N) is 1. The van der Waals surface area contributed by atoms with Crippen molar-refractivity contribution in [3.63, 3.8) is 0 Å². The van der Waals surface area contributed by atoms with Gasteiger partial charge in [-0.25, -0.2) is 0 Å². The van der Waals surface area contributed by atoms with Gasteiger partial charge in [-0.2, -0.15) is 0 Å². The second-order valence-corrected chi connectivity index (χ2v) is 6.55. The van der Waals surface area contributed by atoms with Crippen LogP contribution in [-0.4, -0.2) is 36.8 Å². The minimum absolute atomic E-state index is 0.136. The number of carbonyl (C=O) groups is 1. The lowest BCUT2D eigenvalue weighted by molar-refractivity contribution is -0.128. The molecule has 0 radical (unpaired) electrons. The first-order chi connectivity index (χ1) is 8.22. The quantitative estimate of drug-likeness (QED) is 0.781. The first-order valence-corrected chi connectivity index (χ1v) is 7.62. The zero-order valence-corrected chi connectivity index (χ0v) is 11.9. The number of hydrogen-bond donors (Lipinski definition) is 0. The predicted molar refractivity (Wildman–Crippen MR) is 72.7 cm³/mol. The van der Waals surface area contributed by atoms with Crippen molar-refractivity contribution < 1.29 is 9.53 Å². The smallest absolute Gasteiger partial charge is 0.233 e. The van der Waals surface area contributed by atoms with Gasteiger partial charge < -0.3 is 9.64 Å². The number of hydrogen-bond acceptors (Lipinski definition) is 4. The van der Waals surface area contributed by atoms with E-state index < -0.39 is 0 Å². The summed E-state index contributed by atoms with van der Waals surface area (Å²) in [4.78, 5) is 14.9. The monoisotopic (exact) mass is 291 g/mol. The summed E-state index contributed by atoms with van der Waals surface area (Å²) in [7, 11) is 1.68. The van der Waals surface area contributed by atoms with Crippen LogP contribution in [0.4, 0.5) is 0 Å². The maximum atomic E-state index is 11.8. The maximum Gasteiger partial charge on any atom is 0.233 e. The minimum Gasteiger partial charge on any atom is -0.385 e. The second kappa shape index (κ2) is 6.09. The van der Waals surface area contributed by atoms with Crippen molar-refractivity contribution in [2.45, 2.75) is 11.8 Å². The van der Waals surface area contributed by atoms with Crippen LogP contribution in [0.1, 0.15) is 16.7 Å². The molecule has 0 aliphatic carbocycles. The SMILES string of the molecule is COCCCN1C(=O)CSC1c1ccc(Cl)s1. The number of rotatable bonds is 5. The van der Waals surface area contributed by atoms with Crippen LogP contribution in [0.5, 0.6) is 0 Å². The van der Waals surface area contributed by atoms with Crippen molar-refractivity contribution in [3.05, 3.63) is 21.3 Å². The first kappa shape index (κ1) is 13.2. The van der Waals surface area contributed by atoms with Crippen LogP contribution in [0.15, 0.2) is 12.1 Å². The molecule has 2 heterocycles. The summed E-state index contributed by atoms with van der Waals surface area (Å²) in [5.74, 6) is 0.772. The Morgan fingerprint density at radius 2 is 2.41 bits per heavy atom. The molecule has 0 saturated carbocycles. The molecule has 0 spiro atoms. The van der Waals surface area contributed by atoms with Gasteiger partial charge in [0.05, 0.1) is 10.1 Å². The molecule has 17 heavy (non-hydrogen) atoms. The Morgan fingerprint density at radius 1 is 1.59 bits per heavy atom. The van der Waals surface area contributed by atoms with Gasteiger partial charge in [-0.05, 0) is 18.6 Å². The zero-order chi connectivity index (χ0) is 12.3. The van der Waals surface area contributed by atoms with Gasteiger partial charge in [-0.1, -0.05) is 11.6 Å². The van der Waals surface area contributed by atoms with E-state index in [0.29, 0.717) is 12.4 Å². The van der Waals surface area contributed by atoms with E-state index in [4.69, 9.17) is 16.3 Å². The Kier molecular flexibility index (Phi) is 4.73. The molecule has 0 bridgehead atoms. The molecule has 1 aromatic rings. The number of ether oxygens (including phenoxy) is 1. The molecule has 1 amide bonds. The molecule has 6 heteroatoms. The van der Waals surface area contributed by atoms with Gasteiger partial charge in [0.25, 0.3) is 0 Å². The summed E-state index contributed by atoms with van der Waals surface area (Å²) in [6, 6.07) is 3.89. The molecule has 1 fully saturated rings. The van der Waals surface area contributed by atoms with Gasteiger partial charge in [-0.15, -0.1) is 23.1 Å².